The third kappa shape index (κ3) is 5.19. The van der Waals surface area contributed by atoms with Gasteiger partial charge in [-0.05, 0) is 67.2 Å². The third-order valence-corrected chi connectivity index (χ3v) is 7.25. The van der Waals surface area contributed by atoms with E-state index in [1.54, 1.807) is 0 Å². The van der Waals surface area contributed by atoms with Crippen molar-refractivity contribution < 1.29 is 4.74 Å². The Morgan fingerprint density at radius 3 is 2.54 bits per heavy atom. The number of nitrogens with one attached hydrogen (secondary N) is 1. The molecule has 2 fully saturated rings. The Kier molecular flexibility index (Phi) is 7.32. The van der Waals surface area contributed by atoms with E-state index in [2.05, 4.69) is 87.3 Å². The Balaban J connectivity index is 1.43. The number of aromatic nitrogens is 2. The molecular formula is C27H34N6OS. The first-order valence-corrected chi connectivity index (χ1v) is 12.8. The third-order valence-electron chi connectivity index (χ3n) is 6.90. The van der Waals surface area contributed by atoms with Crippen LogP contribution < -0.4 is 10.2 Å². The number of rotatable bonds is 8. The van der Waals surface area contributed by atoms with Gasteiger partial charge in [0.2, 0.25) is 0 Å². The quantitative estimate of drug-likeness (QED) is 0.484. The molecule has 0 spiro atoms. The highest BCUT2D eigenvalue weighted by Gasteiger charge is 2.41. The normalized spacial score (nSPS) is 20.7. The van der Waals surface area contributed by atoms with Crippen LogP contribution in [-0.4, -0.2) is 78.0 Å². The molecule has 184 valence electrons. The lowest BCUT2D eigenvalue weighted by molar-refractivity contribution is 0.0365. The first-order valence-electron chi connectivity index (χ1n) is 12.3. The molecule has 2 aromatic heterocycles. The second-order valence-electron chi connectivity index (χ2n) is 9.34. The number of pyridine rings is 1. The van der Waals surface area contributed by atoms with Crippen molar-refractivity contribution in [3.05, 3.63) is 78.4 Å². The molecule has 5 rings (SSSR count). The fourth-order valence-electron chi connectivity index (χ4n) is 5.04. The van der Waals surface area contributed by atoms with Crippen molar-refractivity contribution in [1.82, 2.24) is 24.7 Å². The molecule has 0 amide bonds. The predicted molar refractivity (Wildman–Crippen MR) is 144 cm³/mol. The number of morpholine rings is 1. The molecule has 1 aromatic carbocycles. The highest BCUT2D eigenvalue weighted by atomic mass is 32.1. The van der Waals surface area contributed by atoms with Gasteiger partial charge in [0.25, 0.3) is 0 Å². The van der Waals surface area contributed by atoms with Crippen LogP contribution in [0, 0.1) is 0 Å². The van der Waals surface area contributed by atoms with Gasteiger partial charge in [0, 0.05) is 69.7 Å². The molecule has 2 saturated heterocycles. The largest absolute Gasteiger partial charge is 0.379 e. The molecule has 3 aromatic rings. The summed E-state index contributed by atoms with van der Waals surface area (Å²) in [5, 5.41) is 4.39. The number of anilines is 1. The zero-order valence-corrected chi connectivity index (χ0v) is 21.3. The van der Waals surface area contributed by atoms with E-state index in [9.17, 15) is 0 Å². The van der Waals surface area contributed by atoms with Gasteiger partial charge >= 0.3 is 0 Å². The lowest BCUT2D eigenvalue weighted by Crippen LogP contribution is -2.39. The maximum absolute atomic E-state index is 5.88. The van der Waals surface area contributed by atoms with Gasteiger partial charge in [0.05, 0.1) is 31.0 Å². The van der Waals surface area contributed by atoms with E-state index in [1.165, 1.54) is 11.4 Å². The van der Waals surface area contributed by atoms with Crippen LogP contribution in [0.4, 0.5) is 5.69 Å². The summed E-state index contributed by atoms with van der Waals surface area (Å²) >= 11 is 5.88. The standard InChI is InChI=1S/C27H34N6OS/c1-30(2)21-9-11-22(12-10-21)32-15-5-8-24(32)26-25(23-7-3-4-13-28-23)29-27(35)33(26)16-6-14-31-17-19-34-20-18-31/h3-5,7-13,15,25-26H,6,14,16-20H2,1-2H3,(H,29,35)/t25-,26+/m0/s1. The Morgan fingerprint density at radius 1 is 1.03 bits per heavy atom. The molecule has 2 aliphatic heterocycles. The van der Waals surface area contributed by atoms with Crippen molar-refractivity contribution in [2.75, 3.05) is 58.4 Å². The van der Waals surface area contributed by atoms with Crippen molar-refractivity contribution in [2.24, 2.45) is 0 Å². The summed E-state index contributed by atoms with van der Waals surface area (Å²) in [5.74, 6) is 0. The average Bonchev–Trinajstić information content (AvgIpc) is 3.50. The lowest BCUT2D eigenvalue weighted by Gasteiger charge is -2.31. The zero-order chi connectivity index (χ0) is 24.2. The molecule has 0 bridgehead atoms. The number of thiocarbonyl (C=S) groups is 1. The van der Waals surface area contributed by atoms with Crippen molar-refractivity contribution >= 4 is 23.0 Å². The molecule has 4 heterocycles. The van der Waals surface area contributed by atoms with Gasteiger partial charge in [-0.2, -0.15) is 0 Å². The smallest absolute Gasteiger partial charge is 0.170 e. The molecule has 0 aliphatic carbocycles. The number of nitrogens with zero attached hydrogens (tertiary/aromatic N) is 5. The summed E-state index contributed by atoms with van der Waals surface area (Å²) in [6.07, 6.45) is 5.05. The predicted octanol–water partition coefficient (Wildman–Crippen LogP) is 3.63. The maximum atomic E-state index is 5.88. The van der Waals surface area contributed by atoms with Crippen LogP contribution >= 0.6 is 12.2 Å². The second kappa shape index (κ2) is 10.8. The Hall–Kier alpha value is -2.94. The van der Waals surface area contributed by atoms with Crippen LogP contribution in [0.1, 0.15) is 29.9 Å². The topological polar surface area (TPSA) is 48.8 Å². The molecule has 2 atom stereocenters. The van der Waals surface area contributed by atoms with E-state index in [0.717, 1.165) is 62.3 Å². The SMILES string of the molecule is CN(C)c1ccc(-n2cccc2[C@@H]2[C@H](c3ccccn3)NC(=S)N2CCCN2CCOCC2)cc1. The number of ether oxygens (including phenoxy) is 1. The van der Waals surface area contributed by atoms with Crippen molar-refractivity contribution in [1.29, 1.82) is 0 Å². The molecule has 0 unspecified atom stereocenters. The molecule has 7 nitrogen and oxygen atoms in total. The van der Waals surface area contributed by atoms with Crippen molar-refractivity contribution in [3.8, 4) is 5.69 Å². The average molecular weight is 491 g/mol. The maximum Gasteiger partial charge on any atom is 0.170 e. The fourth-order valence-corrected chi connectivity index (χ4v) is 5.37. The Morgan fingerprint density at radius 2 is 1.83 bits per heavy atom. The molecule has 2 aliphatic rings. The fraction of sp³-hybridized carbons (Fsp3) is 0.407. The van der Waals surface area contributed by atoms with Gasteiger partial charge in [0.1, 0.15) is 0 Å². The van der Waals surface area contributed by atoms with Crippen LogP contribution in [0.2, 0.25) is 0 Å². The molecule has 0 radical (unpaired) electrons. The monoisotopic (exact) mass is 490 g/mol. The van der Waals surface area contributed by atoms with E-state index in [-0.39, 0.29) is 12.1 Å². The first-order chi connectivity index (χ1) is 17.1. The molecule has 35 heavy (non-hydrogen) atoms. The van der Waals surface area contributed by atoms with Crippen LogP contribution in [0.25, 0.3) is 5.69 Å². The number of hydrogen-bond donors (Lipinski definition) is 1. The van der Waals surface area contributed by atoms with Crippen molar-refractivity contribution in [3.63, 3.8) is 0 Å². The Bertz CT molecular complexity index is 1110. The van der Waals surface area contributed by atoms with E-state index in [4.69, 9.17) is 21.9 Å². The summed E-state index contributed by atoms with van der Waals surface area (Å²) < 4.78 is 7.79. The van der Waals surface area contributed by atoms with Gasteiger partial charge < -0.3 is 24.4 Å². The van der Waals surface area contributed by atoms with E-state index in [0.29, 0.717) is 0 Å². The van der Waals surface area contributed by atoms with Gasteiger partial charge in [-0.25, -0.2) is 0 Å². The van der Waals surface area contributed by atoms with E-state index >= 15 is 0 Å². The van der Waals surface area contributed by atoms with Gasteiger partial charge in [-0.15, -0.1) is 0 Å². The van der Waals surface area contributed by atoms with Crippen LogP contribution in [-0.2, 0) is 4.74 Å². The lowest BCUT2D eigenvalue weighted by atomic mass is 10.0. The molecular weight excluding hydrogens is 456 g/mol. The summed E-state index contributed by atoms with van der Waals surface area (Å²) in [6, 6.07) is 19.1. The summed E-state index contributed by atoms with van der Waals surface area (Å²) in [4.78, 5) is 11.6. The summed E-state index contributed by atoms with van der Waals surface area (Å²) in [6.45, 7) is 5.61. The minimum atomic E-state index is -0.0122. The van der Waals surface area contributed by atoms with E-state index in [1.807, 2.05) is 18.3 Å². The van der Waals surface area contributed by atoms with Crippen molar-refractivity contribution in [2.45, 2.75) is 18.5 Å². The highest BCUT2D eigenvalue weighted by molar-refractivity contribution is 7.80. The van der Waals surface area contributed by atoms with Gasteiger partial charge in [-0.3, -0.25) is 9.88 Å². The molecule has 8 heteroatoms. The number of benzene rings is 1. The van der Waals surface area contributed by atoms with Crippen LogP contribution in [0.5, 0.6) is 0 Å². The zero-order valence-electron chi connectivity index (χ0n) is 20.5. The van der Waals surface area contributed by atoms with E-state index < -0.39 is 0 Å². The Labute approximate surface area is 213 Å². The summed E-state index contributed by atoms with van der Waals surface area (Å²) in [7, 11) is 4.13. The minimum Gasteiger partial charge on any atom is -0.379 e. The minimum absolute atomic E-state index is 0.0122. The van der Waals surface area contributed by atoms with Crippen LogP contribution in [0.15, 0.2) is 67.0 Å². The van der Waals surface area contributed by atoms with Gasteiger partial charge in [-0.1, -0.05) is 6.07 Å². The number of hydrogen-bond acceptors (Lipinski definition) is 5. The van der Waals surface area contributed by atoms with Gasteiger partial charge in [0.15, 0.2) is 5.11 Å². The summed E-state index contributed by atoms with van der Waals surface area (Å²) in [5.41, 5.74) is 4.53. The molecule has 0 saturated carbocycles. The first kappa shape index (κ1) is 23.8. The highest BCUT2D eigenvalue weighted by Crippen LogP contribution is 2.39. The van der Waals surface area contributed by atoms with Crippen LogP contribution in [0.3, 0.4) is 0 Å². The molecule has 1 N–H and O–H groups in total. The second-order valence-corrected chi connectivity index (χ2v) is 9.73.